The Balaban J connectivity index is -0.0000000768. The fourth-order valence-corrected chi connectivity index (χ4v) is 2.20. The second-order valence-corrected chi connectivity index (χ2v) is 6.69. The van der Waals surface area contributed by atoms with E-state index >= 15 is 0 Å². The van der Waals surface area contributed by atoms with Crippen LogP contribution in [0.1, 0.15) is 79.2 Å². The number of aromatic amines is 4. The minimum atomic E-state index is 0. The van der Waals surface area contributed by atoms with Crippen molar-refractivity contribution >= 4 is 0 Å². The van der Waals surface area contributed by atoms with Gasteiger partial charge in [0.15, 0.2) is 0 Å². The van der Waals surface area contributed by atoms with E-state index in [0.29, 0.717) is 0 Å². The van der Waals surface area contributed by atoms with Gasteiger partial charge in [0, 0.05) is 40.9 Å². The number of hydrogen-bond acceptors (Lipinski definition) is 4. The van der Waals surface area contributed by atoms with Crippen LogP contribution in [0, 0.1) is 55.4 Å². The van der Waals surface area contributed by atoms with Crippen molar-refractivity contribution in [1.82, 2.24) is 40.3 Å². The summed E-state index contributed by atoms with van der Waals surface area (Å²) in [6.45, 7) is 23.7. The highest BCUT2D eigenvalue weighted by Crippen LogP contribution is 1.93. The fraction of sp³-hybridized carbons (Fsp3) is 0.500. The normalized spacial score (nSPS) is 8.62. The van der Waals surface area contributed by atoms with Crippen molar-refractivity contribution in [2.45, 2.75) is 83.1 Å². The third-order valence-electron chi connectivity index (χ3n) is 3.33. The molecule has 4 rings (SSSR count). The predicted octanol–water partition coefficient (Wildman–Crippen LogP) is 7.14. The molecule has 4 aromatic rings. The first kappa shape index (κ1) is 31.0. The Morgan fingerprint density at radius 2 is 0.844 bits per heavy atom. The Morgan fingerprint density at radius 3 is 0.906 bits per heavy atom. The molecule has 4 N–H and O–H groups in total. The van der Waals surface area contributed by atoms with Crippen molar-refractivity contribution in [3.05, 3.63) is 70.3 Å². The monoisotopic (exact) mass is 452 g/mol. The molecule has 0 fully saturated rings. The first-order chi connectivity index (χ1) is 15.2. The summed E-state index contributed by atoms with van der Waals surface area (Å²) < 4.78 is 0. The largest absolute Gasteiger partial charge is 0.346 e. The Bertz CT molecular complexity index is 726. The molecule has 0 aliphatic heterocycles. The zero-order valence-corrected chi connectivity index (χ0v) is 22.1. The number of nitrogens with zero attached hydrogens (tertiary/aromatic N) is 4. The van der Waals surface area contributed by atoms with Gasteiger partial charge in [-0.15, -0.1) is 0 Å². The average molecular weight is 453 g/mol. The Kier molecular flexibility index (Phi) is 18.0. The molecule has 0 unspecified atom stereocenters. The number of nitrogens with one attached hydrogen (secondary N) is 4. The van der Waals surface area contributed by atoms with Gasteiger partial charge in [-0.05, 0) is 67.5 Å². The Hall–Kier alpha value is -3.16. The van der Waals surface area contributed by atoms with E-state index in [1.54, 1.807) is 0 Å². The minimum absolute atomic E-state index is 0. The number of aromatic nitrogens is 8. The molecule has 188 valence electrons. The lowest BCUT2D eigenvalue weighted by Gasteiger charge is -1.74. The maximum atomic E-state index is 3.96. The molecule has 4 aromatic heterocycles. The summed E-state index contributed by atoms with van der Waals surface area (Å²) in [6.07, 6.45) is 3.63. The Labute approximate surface area is 200 Å². The summed E-state index contributed by atoms with van der Waals surface area (Å²) >= 11 is 0. The lowest BCUT2D eigenvalue weighted by atomic mass is 10.4. The lowest BCUT2D eigenvalue weighted by molar-refractivity contribution is 1.02. The smallest absolute Gasteiger partial charge is 0.103 e. The fourth-order valence-electron chi connectivity index (χ4n) is 2.20. The van der Waals surface area contributed by atoms with Crippen molar-refractivity contribution < 1.29 is 5.71 Å². The summed E-state index contributed by atoms with van der Waals surface area (Å²) in [7, 11) is 0. The van der Waals surface area contributed by atoms with Crippen molar-refractivity contribution in [3.8, 4) is 0 Å². The van der Waals surface area contributed by atoms with E-state index in [1.165, 1.54) is 0 Å². The van der Waals surface area contributed by atoms with Gasteiger partial charge < -0.3 is 9.97 Å². The summed E-state index contributed by atoms with van der Waals surface area (Å²) in [6, 6.07) is 4.00. The van der Waals surface area contributed by atoms with Gasteiger partial charge in [-0.3, -0.25) is 10.2 Å². The standard InChI is InChI=1S/4C5H8N2.2C2H6.4H2/c2*1-4-3-6-5(2)7-4;2*1-4-3-5(2)7-6-4;2*1-2;;;;/h4*3H,1-2H3,(H,6,7);2*1-2H3;4*1H. The quantitative estimate of drug-likeness (QED) is 0.227. The van der Waals surface area contributed by atoms with Gasteiger partial charge in [-0.1, -0.05) is 27.7 Å². The summed E-state index contributed by atoms with van der Waals surface area (Å²) in [5.74, 6) is 1.97. The highest BCUT2D eigenvalue weighted by molar-refractivity contribution is 5.04. The van der Waals surface area contributed by atoms with Crippen LogP contribution in [-0.4, -0.2) is 40.3 Å². The van der Waals surface area contributed by atoms with Gasteiger partial charge in [0.2, 0.25) is 0 Å². The molecule has 0 amide bonds. The molecule has 0 atom stereocenters. The van der Waals surface area contributed by atoms with E-state index in [2.05, 4.69) is 40.3 Å². The van der Waals surface area contributed by atoms with Gasteiger partial charge in [-0.25, -0.2) is 9.97 Å². The van der Waals surface area contributed by atoms with Crippen molar-refractivity contribution in [2.24, 2.45) is 0 Å². The van der Waals surface area contributed by atoms with Crippen LogP contribution in [-0.2, 0) is 0 Å². The number of aryl methyl sites for hydroxylation is 8. The number of imidazole rings is 2. The average Bonchev–Trinajstić information content (AvgIpc) is 3.53. The van der Waals surface area contributed by atoms with Gasteiger partial charge in [0.1, 0.15) is 11.6 Å². The Morgan fingerprint density at radius 1 is 0.531 bits per heavy atom. The first-order valence-electron chi connectivity index (χ1n) is 11.1. The van der Waals surface area contributed by atoms with Gasteiger partial charge in [-0.2, -0.15) is 10.2 Å². The molecule has 0 aromatic carbocycles. The molecule has 0 aliphatic carbocycles. The summed E-state index contributed by atoms with van der Waals surface area (Å²) in [5.41, 5.74) is 6.60. The van der Waals surface area contributed by atoms with Gasteiger partial charge in [0.25, 0.3) is 0 Å². The second-order valence-electron chi connectivity index (χ2n) is 6.69. The van der Waals surface area contributed by atoms with Crippen molar-refractivity contribution in [1.29, 1.82) is 0 Å². The first-order valence-corrected chi connectivity index (χ1v) is 11.1. The minimum Gasteiger partial charge on any atom is -0.346 e. The number of H-pyrrole nitrogens is 4. The van der Waals surface area contributed by atoms with E-state index in [1.807, 2.05) is 108 Å². The molecule has 0 saturated heterocycles. The van der Waals surface area contributed by atoms with Crippen LogP contribution in [0.2, 0.25) is 0 Å². The molecular formula is C24H52N8. The highest BCUT2D eigenvalue weighted by Gasteiger charge is 1.86. The van der Waals surface area contributed by atoms with E-state index < -0.39 is 0 Å². The van der Waals surface area contributed by atoms with Crippen LogP contribution in [0.5, 0.6) is 0 Å². The zero-order chi connectivity index (χ0) is 25.1. The van der Waals surface area contributed by atoms with Crippen molar-refractivity contribution in [3.63, 3.8) is 0 Å². The molecule has 0 radical (unpaired) electrons. The summed E-state index contributed by atoms with van der Waals surface area (Å²) in [4.78, 5) is 14.0. The van der Waals surface area contributed by atoms with Gasteiger partial charge >= 0.3 is 0 Å². The van der Waals surface area contributed by atoms with E-state index in [-0.39, 0.29) is 5.71 Å². The predicted molar refractivity (Wildman–Crippen MR) is 143 cm³/mol. The van der Waals surface area contributed by atoms with E-state index in [4.69, 9.17) is 0 Å². The molecule has 0 saturated carbocycles. The van der Waals surface area contributed by atoms with Crippen molar-refractivity contribution in [2.75, 3.05) is 0 Å². The van der Waals surface area contributed by atoms with Crippen LogP contribution in [0.3, 0.4) is 0 Å². The molecule has 32 heavy (non-hydrogen) atoms. The van der Waals surface area contributed by atoms with Crippen LogP contribution in [0.15, 0.2) is 24.5 Å². The maximum absolute atomic E-state index is 3.96. The maximum Gasteiger partial charge on any atom is 0.103 e. The van der Waals surface area contributed by atoms with Crippen LogP contribution in [0.25, 0.3) is 0 Å². The number of rotatable bonds is 0. The molecule has 4 heterocycles. The molecular weight excluding hydrogens is 400 g/mol. The molecule has 8 heteroatoms. The van der Waals surface area contributed by atoms with Crippen LogP contribution >= 0.6 is 0 Å². The molecule has 0 spiro atoms. The van der Waals surface area contributed by atoms with Crippen LogP contribution < -0.4 is 0 Å². The zero-order valence-electron chi connectivity index (χ0n) is 22.1. The third kappa shape index (κ3) is 16.6. The number of hydrogen-bond donors (Lipinski definition) is 4. The van der Waals surface area contributed by atoms with E-state index in [0.717, 1.165) is 45.8 Å². The second kappa shape index (κ2) is 18.6. The lowest BCUT2D eigenvalue weighted by Crippen LogP contribution is -1.70. The highest BCUT2D eigenvalue weighted by atomic mass is 15.1. The van der Waals surface area contributed by atoms with Crippen LogP contribution in [0.4, 0.5) is 0 Å². The molecule has 8 nitrogen and oxygen atoms in total. The third-order valence-corrected chi connectivity index (χ3v) is 3.33. The topological polar surface area (TPSA) is 115 Å². The molecule has 0 bridgehead atoms. The van der Waals surface area contributed by atoms with E-state index in [9.17, 15) is 0 Å². The summed E-state index contributed by atoms with van der Waals surface area (Å²) in [5, 5.41) is 13.4. The van der Waals surface area contributed by atoms with Gasteiger partial charge in [0.05, 0.1) is 11.4 Å². The molecule has 0 aliphatic rings. The SMILES string of the molecule is CC.CC.Cc1cc(C)[nH]n1.Cc1cc(C)[nH]n1.Cc1cnc(C)[nH]1.Cc1cnc(C)[nH]1.[HH].[HH].[HH].[HH].